The lowest BCUT2D eigenvalue weighted by atomic mass is 10.00. The van der Waals surface area contributed by atoms with Crippen molar-refractivity contribution in [3.8, 4) is 0 Å². The molecule has 0 saturated heterocycles. The van der Waals surface area contributed by atoms with Crippen molar-refractivity contribution >= 4 is 17.5 Å². The molecule has 1 aliphatic rings. The van der Waals surface area contributed by atoms with Crippen molar-refractivity contribution in [1.82, 2.24) is 10.2 Å². The van der Waals surface area contributed by atoms with E-state index in [1.54, 1.807) is 0 Å². The first-order valence-corrected chi connectivity index (χ1v) is 8.51. The van der Waals surface area contributed by atoms with E-state index in [4.69, 9.17) is 0 Å². The Morgan fingerprint density at radius 1 is 1.29 bits per heavy atom. The highest BCUT2D eigenvalue weighted by atomic mass is 16.5. The van der Waals surface area contributed by atoms with Crippen LogP contribution in [0.5, 0.6) is 0 Å². The van der Waals surface area contributed by atoms with Crippen molar-refractivity contribution < 1.29 is 9.53 Å². The van der Waals surface area contributed by atoms with Crippen LogP contribution in [-0.4, -0.2) is 50.6 Å². The fourth-order valence-electron chi connectivity index (χ4n) is 2.80. The highest BCUT2D eigenvalue weighted by molar-refractivity contribution is 5.81. The number of methoxy groups -OCH3 is 1. The van der Waals surface area contributed by atoms with E-state index >= 15 is 0 Å². The van der Waals surface area contributed by atoms with Gasteiger partial charge in [0.2, 0.25) is 0 Å². The van der Waals surface area contributed by atoms with Gasteiger partial charge in [-0.2, -0.15) is 0 Å². The smallest absolute Gasteiger partial charge is 0.305 e. The first kappa shape index (κ1) is 18.0. The molecule has 2 rings (SSSR count). The van der Waals surface area contributed by atoms with Gasteiger partial charge in [-0.1, -0.05) is 36.4 Å². The van der Waals surface area contributed by atoms with Gasteiger partial charge in [0.15, 0.2) is 5.96 Å². The molecule has 5 heteroatoms. The van der Waals surface area contributed by atoms with E-state index in [0.717, 1.165) is 44.9 Å². The molecule has 1 aliphatic heterocycles. The zero-order valence-electron chi connectivity index (χ0n) is 14.6. The Balaban J connectivity index is 1.77. The number of hydrogen-bond donors (Lipinski definition) is 1. The summed E-state index contributed by atoms with van der Waals surface area (Å²) in [7, 11) is 3.24. The van der Waals surface area contributed by atoms with Crippen LogP contribution >= 0.6 is 0 Å². The molecule has 5 nitrogen and oxygen atoms in total. The average Bonchev–Trinajstić information content (AvgIpc) is 2.65. The maximum absolute atomic E-state index is 11.1. The summed E-state index contributed by atoms with van der Waals surface area (Å²) in [6.07, 6.45) is 5.53. The topological polar surface area (TPSA) is 53.9 Å². The predicted octanol–water partition coefficient (Wildman–Crippen LogP) is 2.69. The highest BCUT2D eigenvalue weighted by Gasteiger charge is 2.15. The number of nitrogens with zero attached hydrogens (tertiary/aromatic N) is 2. The van der Waals surface area contributed by atoms with Gasteiger partial charge in [0.25, 0.3) is 0 Å². The second-order valence-electron chi connectivity index (χ2n) is 5.80. The van der Waals surface area contributed by atoms with Gasteiger partial charge in [0.1, 0.15) is 0 Å². The van der Waals surface area contributed by atoms with Crippen LogP contribution in [0.3, 0.4) is 0 Å². The molecule has 1 N–H and O–H groups in total. The maximum Gasteiger partial charge on any atom is 0.305 e. The molecule has 0 atom stereocenters. The SMILES string of the molecule is CN=C(NCCCCC(=O)OC)N1CC=C(c2ccccc2)CC1. The summed E-state index contributed by atoms with van der Waals surface area (Å²) in [5, 5.41) is 3.38. The monoisotopic (exact) mass is 329 g/mol. The minimum absolute atomic E-state index is 0.144. The molecular weight excluding hydrogens is 302 g/mol. The third-order valence-corrected chi connectivity index (χ3v) is 4.18. The number of esters is 1. The van der Waals surface area contributed by atoms with Crippen molar-refractivity contribution in [2.75, 3.05) is 33.8 Å². The summed E-state index contributed by atoms with van der Waals surface area (Å²) < 4.78 is 4.64. The zero-order chi connectivity index (χ0) is 17.2. The Kier molecular flexibility index (Phi) is 7.33. The standard InChI is InChI=1S/C19H27N3O2/c1-20-19(21-13-7-6-10-18(23)24-2)22-14-11-17(12-15-22)16-8-4-3-5-9-16/h3-5,8-9,11H,6-7,10,12-15H2,1-2H3,(H,20,21). The molecule has 0 radical (unpaired) electrons. The van der Waals surface area contributed by atoms with E-state index in [-0.39, 0.29) is 5.97 Å². The van der Waals surface area contributed by atoms with Gasteiger partial charge in [-0.25, -0.2) is 0 Å². The minimum Gasteiger partial charge on any atom is -0.469 e. The predicted molar refractivity (Wildman–Crippen MR) is 97.8 cm³/mol. The van der Waals surface area contributed by atoms with Crippen molar-refractivity contribution in [2.24, 2.45) is 4.99 Å². The van der Waals surface area contributed by atoms with Gasteiger partial charge in [-0.3, -0.25) is 9.79 Å². The van der Waals surface area contributed by atoms with Crippen molar-refractivity contribution in [1.29, 1.82) is 0 Å². The fourth-order valence-corrected chi connectivity index (χ4v) is 2.80. The molecule has 1 aromatic carbocycles. The van der Waals surface area contributed by atoms with E-state index in [1.807, 2.05) is 13.1 Å². The van der Waals surface area contributed by atoms with E-state index in [0.29, 0.717) is 6.42 Å². The van der Waals surface area contributed by atoms with Crippen LogP contribution in [0.1, 0.15) is 31.2 Å². The number of nitrogens with one attached hydrogen (secondary N) is 1. The number of aliphatic imine (C=N–C) groups is 1. The molecule has 0 fully saturated rings. The molecule has 0 bridgehead atoms. The van der Waals surface area contributed by atoms with Crippen LogP contribution in [0.2, 0.25) is 0 Å². The van der Waals surface area contributed by atoms with Crippen LogP contribution < -0.4 is 5.32 Å². The molecule has 1 aromatic rings. The number of carbonyl (C=O) groups excluding carboxylic acids is 1. The van der Waals surface area contributed by atoms with Crippen LogP contribution in [0.4, 0.5) is 0 Å². The van der Waals surface area contributed by atoms with Crippen LogP contribution in [-0.2, 0) is 9.53 Å². The number of guanidine groups is 1. The lowest BCUT2D eigenvalue weighted by Gasteiger charge is -2.29. The van der Waals surface area contributed by atoms with E-state index in [2.05, 4.69) is 50.3 Å². The van der Waals surface area contributed by atoms with E-state index in [9.17, 15) is 4.79 Å². The average molecular weight is 329 g/mol. The number of ether oxygens (including phenoxy) is 1. The molecule has 0 spiro atoms. The second-order valence-corrected chi connectivity index (χ2v) is 5.80. The molecular formula is C19H27N3O2. The van der Waals surface area contributed by atoms with Crippen LogP contribution in [0, 0.1) is 0 Å². The van der Waals surface area contributed by atoms with Gasteiger partial charge < -0.3 is 15.0 Å². The number of rotatable bonds is 6. The quantitative estimate of drug-likeness (QED) is 0.377. The Morgan fingerprint density at radius 2 is 2.08 bits per heavy atom. The lowest BCUT2D eigenvalue weighted by Crippen LogP contribution is -2.43. The molecule has 1 heterocycles. The van der Waals surface area contributed by atoms with Crippen molar-refractivity contribution in [3.63, 3.8) is 0 Å². The number of carbonyl (C=O) groups is 1. The third kappa shape index (κ3) is 5.41. The van der Waals surface area contributed by atoms with Crippen molar-refractivity contribution in [2.45, 2.75) is 25.7 Å². The Labute approximate surface area is 144 Å². The summed E-state index contributed by atoms with van der Waals surface area (Å²) in [6, 6.07) is 10.5. The summed E-state index contributed by atoms with van der Waals surface area (Å²) in [5.74, 6) is 0.783. The molecule has 24 heavy (non-hydrogen) atoms. The largest absolute Gasteiger partial charge is 0.469 e. The van der Waals surface area contributed by atoms with E-state index in [1.165, 1.54) is 18.2 Å². The molecule has 0 aliphatic carbocycles. The molecule has 0 amide bonds. The van der Waals surface area contributed by atoms with Crippen molar-refractivity contribution in [3.05, 3.63) is 42.0 Å². The Morgan fingerprint density at radius 3 is 2.71 bits per heavy atom. The first-order chi connectivity index (χ1) is 11.7. The fraction of sp³-hybridized carbons (Fsp3) is 0.474. The lowest BCUT2D eigenvalue weighted by molar-refractivity contribution is -0.140. The zero-order valence-corrected chi connectivity index (χ0v) is 14.6. The Bertz CT molecular complexity index is 582. The van der Waals surface area contributed by atoms with Gasteiger partial charge >= 0.3 is 5.97 Å². The highest BCUT2D eigenvalue weighted by Crippen LogP contribution is 2.21. The normalized spacial score (nSPS) is 15.0. The molecule has 130 valence electrons. The van der Waals surface area contributed by atoms with Gasteiger partial charge in [0, 0.05) is 33.1 Å². The minimum atomic E-state index is -0.144. The third-order valence-electron chi connectivity index (χ3n) is 4.18. The summed E-state index contributed by atoms with van der Waals surface area (Å²) in [4.78, 5) is 17.7. The number of unbranched alkanes of at least 4 members (excludes halogenated alkanes) is 1. The van der Waals surface area contributed by atoms with Crippen LogP contribution in [0.15, 0.2) is 41.4 Å². The number of benzene rings is 1. The number of hydrogen-bond acceptors (Lipinski definition) is 3. The summed E-state index contributed by atoms with van der Waals surface area (Å²) in [5.41, 5.74) is 2.71. The van der Waals surface area contributed by atoms with E-state index < -0.39 is 0 Å². The van der Waals surface area contributed by atoms with Gasteiger partial charge in [-0.05, 0) is 30.4 Å². The molecule has 0 aromatic heterocycles. The van der Waals surface area contributed by atoms with Gasteiger partial charge in [-0.15, -0.1) is 0 Å². The maximum atomic E-state index is 11.1. The Hall–Kier alpha value is -2.30. The van der Waals surface area contributed by atoms with Crippen LogP contribution in [0.25, 0.3) is 5.57 Å². The molecule has 0 unspecified atom stereocenters. The van der Waals surface area contributed by atoms with Gasteiger partial charge in [0.05, 0.1) is 7.11 Å². The molecule has 0 saturated carbocycles. The second kappa shape index (κ2) is 9.75. The first-order valence-electron chi connectivity index (χ1n) is 8.51. The summed E-state index contributed by atoms with van der Waals surface area (Å²) >= 11 is 0. The summed E-state index contributed by atoms with van der Waals surface area (Å²) in [6.45, 7) is 2.64.